The van der Waals surface area contributed by atoms with Gasteiger partial charge in [-0.2, -0.15) is 19.5 Å². The van der Waals surface area contributed by atoms with E-state index in [2.05, 4.69) is 20.1 Å². The van der Waals surface area contributed by atoms with Gasteiger partial charge in [-0.1, -0.05) is 11.8 Å². The molecule has 0 aromatic carbocycles. The maximum atomic E-state index is 5.79. The highest BCUT2D eigenvalue weighted by atomic mass is 32.2. The number of hydrogen-bond acceptors (Lipinski definition) is 7. The summed E-state index contributed by atoms with van der Waals surface area (Å²) in [6, 6.07) is 3.66. The maximum absolute atomic E-state index is 5.79. The van der Waals surface area contributed by atoms with E-state index < -0.39 is 0 Å². The Kier molecular flexibility index (Phi) is 2.44. The zero-order valence-corrected chi connectivity index (χ0v) is 10.6. The minimum Gasteiger partial charge on any atom is -0.458 e. The minimum absolute atomic E-state index is 0.256. The molecular weight excluding hydrogens is 252 g/mol. The highest BCUT2D eigenvalue weighted by molar-refractivity contribution is 7.98. The first-order valence-electron chi connectivity index (χ1n) is 5.18. The molecule has 0 unspecified atom stereocenters. The topological polar surface area (TPSA) is 95.1 Å². The van der Waals surface area contributed by atoms with E-state index in [-0.39, 0.29) is 5.95 Å². The van der Waals surface area contributed by atoms with Gasteiger partial charge in [-0.25, -0.2) is 0 Å². The summed E-state index contributed by atoms with van der Waals surface area (Å²) in [5, 5.41) is 4.79. The highest BCUT2D eigenvalue weighted by Crippen LogP contribution is 2.20. The second kappa shape index (κ2) is 3.98. The van der Waals surface area contributed by atoms with Crippen molar-refractivity contribution in [1.82, 2.24) is 24.6 Å². The Morgan fingerprint density at radius 2 is 2.11 bits per heavy atom. The average molecular weight is 262 g/mol. The Morgan fingerprint density at radius 1 is 1.28 bits per heavy atom. The van der Waals surface area contributed by atoms with Gasteiger partial charge in [-0.15, -0.1) is 5.10 Å². The van der Waals surface area contributed by atoms with Gasteiger partial charge in [-0.3, -0.25) is 0 Å². The van der Waals surface area contributed by atoms with Crippen LogP contribution in [0.15, 0.2) is 21.7 Å². The van der Waals surface area contributed by atoms with E-state index in [4.69, 9.17) is 10.2 Å². The third-order valence-electron chi connectivity index (χ3n) is 2.36. The molecule has 2 N–H and O–H groups in total. The summed E-state index contributed by atoms with van der Waals surface area (Å²) < 4.78 is 6.86. The molecular formula is C10H10N6OS. The van der Waals surface area contributed by atoms with Crippen LogP contribution in [0.4, 0.5) is 5.95 Å². The first-order chi connectivity index (χ1) is 8.67. The van der Waals surface area contributed by atoms with Crippen LogP contribution in [0.5, 0.6) is 0 Å². The third-order valence-corrected chi connectivity index (χ3v) is 2.90. The van der Waals surface area contributed by atoms with E-state index in [0.717, 1.165) is 5.76 Å². The van der Waals surface area contributed by atoms with Gasteiger partial charge in [0, 0.05) is 0 Å². The van der Waals surface area contributed by atoms with E-state index in [9.17, 15) is 0 Å². The van der Waals surface area contributed by atoms with Crippen molar-refractivity contribution >= 4 is 23.5 Å². The summed E-state index contributed by atoms with van der Waals surface area (Å²) in [5.41, 5.74) is 5.79. The molecule has 0 fully saturated rings. The number of anilines is 1. The Bertz CT molecular complexity index is 718. The van der Waals surface area contributed by atoms with Crippen molar-refractivity contribution in [2.45, 2.75) is 12.1 Å². The zero-order chi connectivity index (χ0) is 12.7. The molecule has 0 amide bonds. The second-order valence-corrected chi connectivity index (χ2v) is 4.40. The Hall–Kier alpha value is -2.09. The summed E-state index contributed by atoms with van der Waals surface area (Å²) in [7, 11) is 0. The van der Waals surface area contributed by atoms with Gasteiger partial charge in [-0.05, 0) is 25.3 Å². The summed E-state index contributed by atoms with van der Waals surface area (Å²) >= 11 is 1.40. The lowest BCUT2D eigenvalue weighted by molar-refractivity contribution is 0.544. The van der Waals surface area contributed by atoms with Gasteiger partial charge in [0.2, 0.25) is 11.8 Å². The van der Waals surface area contributed by atoms with Crippen LogP contribution >= 0.6 is 11.8 Å². The Balaban J connectivity index is 2.19. The van der Waals surface area contributed by atoms with Gasteiger partial charge in [0.15, 0.2) is 10.9 Å². The van der Waals surface area contributed by atoms with Crippen molar-refractivity contribution in [2.24, 2.45) is 0 Å². The van der Waals surface area contributed by atoms with Crippen LogP contribution in [-0.2, 0) is 0 Å². The fourth-order valence-electron chi connectivity index (χ4n) is 1.54. The van der Waals surface area contributed by atoms with Crippen LogP contribution in [0.25, 0.3) is 17.4 Å². The molecule has 18 heavy (non-hydrogen) atoms. The van der Waals surface area contributed by atoms with Gasteiger partial charge >= 0.3 is 0 Å². The number of fused-ring (bicyclic) bond motifs is 1. The molecule has 0 aliphatic rings. The largest absolute Gasteiger partial charge is 0.458 e. The average Bonchev–Trinajstić information content (AvgIpc) is 2.94. The van der Waals surface area contributed by atoms with Crippen molar-refractivity contribution in [2.75, 3.05) is 12.0 Å². The van der Waals surface area contributed by atoms with Gasteiger partial charge < -0.3 is 10.2 Å². The number of furan rings is 1. The molecule has 3 heterocycles. The molecule has 0 spiro atoms. The fraction of sp³-hybridized carbons (Fsp3) is 0.200. The summed E-state index contributed by atoms with van der Waals surface area (Å²) in [6.07, 6.45) is 1.87. The number of nitrogens with zero attached hydrogens (tertiary/aromatic N) is 5. The van der Waals surface area contributed by atoms with Crippen LogP contribution in [0.3, 0.4) is 0 Å². The van der Waals surface area contributed by atoms with Crippen molar-refractivity contribution in [3.63, 3.8) is 0 Å². The van der Waals surface area contributed by atoms with E-state index in [0.29, 0.717) is 22.5 Å². The van der Waals surface area contributed by atoms with Crippen molar-refractivity contribution in [1.29, 1.82) is 0 Å². The molecule has 0 saturated heterocycles. The third kappa shape index (κ3) is 1.70. The van der Waals surface area contributed by atoms with E-state index in [1.807, 2.05) is 25.3 Å². The molecule has 0 saturated carbocycles. The molecule has 3 rings (SSSR count). The molecule has 0 aliphatic carbocycles. The van der Waals surface area contributed by atoms with Crippen LogP contribution in [0, 0.1) is 6.92 Å². The van der Waals surface area contributed by atoms with E-state index in [1.165, 1.54) is 16.3 Å². The lowest BCUT2D eigenvalue weighted by Crippen LogP contribution is -2.04. The van der Waals surface area contributed by atoms with Crippen LogP contribution < -0.4 is 5.73 Å². The molecule has 0 aliphatic heterocycles. The standard InChI is InChI=1S/C10H10N6OS/c1-5-3-4-6(17-5)7-12-9-14-10(18-2)13-8(11)16(9)15-7/h3-4H,1-2H3,(H2,11,12,13,14,15). The highest BCUT2D eigenvalue weighted by Gasteiger charge is 2.13. The van der Waals surface area contributed by atoms with Crippen LogP contribution in [0.2, 0.25) is 0 Å². The smallest absolute Gasteiger partial charge is 0.258 e. The molecule has 0 radical (unpaired) electrons. The molecule has 3 aromatic rings. The van der Waals surface area contributed by atoms with Gasteiger partial charge in [0.05, 0.1) is 0 Å². The van der Waals surface area contributed by atoms with Crippen molar-refractivity contribution < 1.29 is 4.42 Å². The number of rotatable bonds is 2. The monoisotopic (exact) mass is 262 g/mol. The van der Waals surface area contributed by atoms with E-state index >= 15 is 0 Å². The number of nitrogens with two attached hydrogens (primary N) is 1. The predicted octanol–water partition coefficient (Wildman–Crippen LogP) is 1.39. The number of nitrogen functional groups attached to an aromatic ring is 1. The zero-order valence-electron chi connectivity index (χ0n) is 9.78. The lowest BCUT2D eigenvalue weighted by Gasteiger charge is -1.97. The van der Waals surface area contributed by atoms with Crippen LogP contribution in [-0.4, -0.2) is 30.8 Å². The minimum atomic E-state index is 0.256. The molecule has 8 heteroatoms. The molecule has 92 valence electrons. The first kappa shape index (κ1) is 11.0. The molecule has 0 bridgehead atoms. The van der Waals surface area contributed by atoms with Crippen molar-refractivity contribution in [3.05, 3.63) is 17.9 Å². The van der Waals surface area contributed by atoms with Crippen molar-refractivity contribution in [3.8, 4) is 11.6 Å². The number of aromatic nitrogens is 5. The van der Waals surface area contributed by atoms with Crippen LogP contribution in [0.1, 0.15) is 5.76 Å². The van der Waals surface area contributed by atoms with Gasteiger partial charge in [0.1, 0.15) is 5.76 Å². The fourth-order valence-corrected chi connectivity index (χ4v) is 1.89. The van der Waals surface area contributed by atoms with E-state index in [1.54, 1.807) is 0 Å². The Morgan fingerprint density at radius 3 is 2.78 bits per heavy atom. The SMILES string of the molecule is CSc1nc(N)n2nc(-c3ccc(C)o3)nc2n1. The predicted molar refractivity (Wildman–Crippen MR) is 67.2 cm³/mol. The molecule has 0 atom stereocenters. The number of aryl methyl sites for hydroxylation is 1. The number of thioether (sulfide) groups is 1. The normalized spacial score (nSPS) is 11.2. The molecule has 3 aromatic heterocycles. The summed E-state index contributed by atoms with van der Waals surface area (Å²) in [6.45, 7) is 1.86. The van der Waals surface area contributed by atoms with Gasteiger partial charge in [0.25, 0.3) is 5.78 Å². The summed E-state index contributed by atoms with van der Waals surface area (Å²) in [4.78, 5) is 12.6. The quantitative estimate of drug-likeness (QED) is 0.697. The first-order valence-corrected chi connectivity index (χ1v) is 6.41. The summed E-state index contributed by atoms with van der Waals surface area (Å²) in [5.74, 6) is 2.50. The lowest BCUT2D eigenvalue weighted by atomic mass is 10.4. The maximum Gasteiger partial charge on any atom is 0.258 e. The Labute approximate surface area is 106 Å². The molecule has 7 nitrogen and oxygen atoms in total. The number of hydrogen-bond donors (Lipinski definition) is 1. The second-order valence-electron chi connectivity index (χ2n) is 3.63.